The van der Waals surface area contributed by atoms with E-state index in [4.69, 9.17) is 10.3 Å². The zero-order chi connectivity index (χ0) is 10.9. The van der Waals surface area contributed by atoms with Gasteiger partial charge in [-0.2, -0.15) is 8.42 Å². The Balaban J connectivity index is 4.79. The lowest BCUT2D eigenvalue weighted by Crippen LogP contribution is -2.50. The number of rotatable bonds is 4. The van der Waals surface area contributed by atoms with E-state index in [-0.39, 0.29) is 5.57 Å². The summed E-state index contributed by atoms with van der Waals surface area (Å²) in [5.74, 6) is -1.38. The number of ketones is 1. The van der Waals surface area contributed by atoms with Gasteiger partial charge in [0.25, 0.3) is 10.1 Å². The largest absolute Gasteiger partial charge is 0.318 e. The molecule has 0 aliphatic rings. The second-order valence-electron chi connectivity index (χ2n) is 3.25. The number of carbonyl (C=O) groups is 1. The Kier molecular flexibility index (Phi) is 3.37. The standard InChI is InChI=1S/C7H13NO4S/c1-5(2)6(9)7(3,8)4-13(10,11)12/h1,4,8H2,2-3H3,(H,10,11,12). The minimum absolute atomic E-state index is 0.161. The van der Waals surface area contributed by atoms with Crippen LogP contribution < -0.4 is 5.73 Å². The highest BCUT2D eigenvalue weighted by Crippen LogP contribution is 2.09. The van der Waals surface area contributed by atoms with Gasteiger partial charge in [0, 0.05) is 0 Å². The molecule has 1 atom stereocenters. The highest BCUT2D eigenvalue weighted by atomic mass is 32.2. The van der Waals surface area contributed by atoms with E-state index in [1.165, 1.54) is 13.8 Å². The summed E-state index contributed by atoms with van der Waals surface area (Å²) in [7, 11) is -4.25. The lowest BCUT2D eigenvalue weighted by molar-refractivity contribution is -0.119. The van der Waals surface area contributed by atoms with Crippen LogP contribution >= 0.6 is 0 Å². The van der Waals surface area contributed by atoms with Gasteiger partial charge < -0.3 is 5.73 Å². The first kappa shape index (κ1) is 12.3. The summed E-state index contributed by atoms with van der Waals surface area (Å²) in [5.41, 5.74) is 3.95. The number of nitrogens with two attached hydrogens (primary N) is 1. The summed E-state index contributed by atoms with van der Waals surface area (Å²) >= 11 is 0. The number of Topliss-reactive ketones (excluding diaryl/α,β-unsaturated/α-hetero) is 1. The fourth-order valence-electron chi connectivity index (χ4n) is 0.932. The lowest BCUT2D eigenvalue weighted by Gasteiger charge is -2.20. The third-order valence-electron chi connectivity index (χ3n) is 1.39. The van der Waals surface area contributed by atoms with Crippen molar-refractivity contribution in [1.82, 2.24) is 0 Å². The first-order chi connectivity index (χ1) is 5.56. The molecule has 0 saturated carbocycles. The minimum atomic E-state index is -4.25. The highest BCUT2D eigenvalue weighted by Gasteiger charge is 2.33. The summed E-state index contributed by atoms with van der Waals surface area (Å²) in [4.78, 5) is 11.2. The molecule has 0 heterocycles. The molecule has 0 amide bonds. The molecule has 3 N–H and O–H groups in total. The van der Waals surface area contributed by atoms with E-state index in [0.29, 0.717) is 0 Å². The molecule has 0 fully saturated rings. The third-order valence-corrected chi connectivity index (χ3v) is 2.35. The third kappa shape index (κ3) is 4.16. The normalized spacial score (nSPS) is 16.3. The van der Waals surface area contributed by atoms with Gasteiger partial charge in [-0.3, -0.25) is 9.35 Å². The average Bonchev–Trinajstić information content (AvgIpc) is 1.80. The van der Waals surface area contributed by atoms with Crippen LogP contribution in [0.3, 0.4) is 0 Å². The van der Waals surface area contributed by atoms with Crippen molar-refractivity contribution >= 4 is 15.9 Å². The summed E-state index contributed by atoms with van der Waals surface area (Å²) in [6.45, 7) is 6.01. The second-order valence-corrected chi connectivity index (χ2v) is 4.71. The number of hydrogen-bond donors (Lipinski definition) is 2. The minimum Gasteiger partial charge on any atom is -0.318 e. The molecule has 0 aromatic rings. The molecule has 6 heteroatoms. The molecule has 0 saturated heterocycles. The van der Waals surface area contributed by atoms with Gasteiger partial charge in [-0.15, -0.1) is 0 Å². The van der Waals surface area contributed by atoms with Gasteiger partial charge in [0.2, 0.25) is 0 Å². The van der Waals surface area contributed by atoms with Crippen molar-refractivity contribution in [3.63, 3.8) is 0 Å². The Hall–Kier alpha value is -0.720. The zero-order valence-electron chi connectivity index (χ0n) is 7.57. The second kappa shape index (κ2) is 3.57. The predicted octanol–water partition coefficient (Wildman–Crippen LogP) is -0.263. The molecule has 0 rings (SSSR count). The highest BCUT2D eigenvalue weighted by molar-refractivity contribution is 7.85. The van der Waals surface area contributed by atoms with Crippen molar-refractivity contribution in [2.45, 2.75) is 19.4 Å². The fourth-order valence-corrected chi connectivity index (χ4v) is 1.82. The van der Waals surface area contributed by atoms with Crippen LogP contribution in [0.5, 0.6) is 0 Å². The van der Waals surface area contributed by atoms with Gasteiger partial charge in [0.05, 0.1) is 5.54 Å². The van der Waals surface area contributed by atoms with Gasteiger partial charge in [0.15, 0.2) is 5.78 Å². The first-order valence-electron chi connectivity index (χ1n) is 3.50. The Bertz CT molecular complexity index is 328. The van der Waals surface area contributed by atoms with Gasteiger partial charge in [0.1, 0.15) is 5.75 Å². The van der Waals surface area contributed by atoms with Crippen molar-refractivity contribution in [3.05, 3.63) is 12.2 Å². The monoisotopic (exact) mass is 207 g/mol. The quantitative estimate of drug-likeness (QED) is 0.489. The van der Waals surface area contributed by atoms with Crippen LogP contribution in [-0.2, 0) is 14.9 Å². The van der Waals surface area contributed by atoms with Crippen LogP contribution in [0, 0.1) is 0 Å². The average molecular weight is 207 g/mol. The Morgan fingerprint density at radius 1 is 1.62 bits per heavy atom. The van der Waals surface area contributed by atoms with Crippen LogP contribution in [-0.4, -0.2) is 30.0 Å². The summed E-state index contributed by atoms with van der Waals surface area (Å²) < 4.78 is 29.4. The topological polar surface area (TPSA) is 97.5 Å². The smallest absolute Gasteiger partial charge is 0.267 e. The van der Waals surface area contributed by atoms with E-state index in [1.807, 2.05) is 0 Å². The molecule has 0 aliphatic heterocycles. The molecule has 0 aliphatic carbocycles. The Morgan fingerprint density at radius 3 is 2.23 bits per heavy atom. The molecule has 0 aromatic heterocycles. The molecular formula is C7H13NO4S. The maximum Gasteiger partial charge on any atom is 0.267 e. The van der Waals surface area contributed by atoms with Crippen LogP contribution in [0.1, 0.15) is 13.8 Å². The SMILES string of the molecule is C=C(C)C(=O)C(C)(N)CS(=O)(=O)O. The van der Waals surface area contributed by atoms with Crippen molar-refractivity contribution < 1.29 is 17.8 Å². The van der Waals surface area contributed by atoms with Gasteiger partial charge >= 0.3 is 0 Å². The van der Waals surface area contributed by atoms with E-state index in [0.717, 1.165) is 0 Å². The lowest BCUT2D eigenvalue weighted by atomic mass is 9.96. The van der Waals surface area contributed by atoms with E-state index in [9.17, 15) is 13.2 Å². The van der Waals surface area contributed by atoms with Gasteiger partial charge in [-0.1, -0.05) is 6.58 Å². The van der Waals surface area contributed by atoms with Crippen molar-refractivity contribution in [1.29, 1.82) is 0 Å². The molecule has 5 nitrogen and oxygen atoms in total. The van der Waals surface area contributed by atoms with Crippen molar-refractivity contribution in [2.75, 3.05) is 5.75 Å². The van der Waals surface area contributed by atoms with Gasteiger partial charge in [-0.25, -0.2) is 0 Å². The van der Waals surface area contributed by atoms with E-state index < -0.39 is 27.2 Å². The zero-order valence-corrected chi connectivity index (χ0v) is 8.39. The van der Waals surface area contributed by atoms with E-state index >= 15 is 0 Å². The fraction of sp³-hybridized carbons (Fsp3) is 0.571. The van der Waals surface area contributed by atoms with Crippen LogP contribution in [0.2, 0.25) is 0 Å². The summed E-state index contributed by atoms with van der Waals surface area (Å²) in [5, 5.41) is 0. The molecule has 0 radical (unpaired) electrons. The summed E-state index contributed by atoms with van der Waals surface area (Å²) in [6, 6.07) is 0. The summed E-state index contributed by atoms with van der Waals surface area (Å²) in [6.07, 6.45) is 0. The molecule has 13 heavy (non-hydrogen) atoms. The van der Waals surface area contributed by atoms with Crippen LogP contribution in [0.15, 0.2) is 12.2 Å². The molecule has 1 unspecified atom stereocenters. The van der Waals surface area contributed by atoms with Crippen molar-refractivity contribution in [2.24, 2.45) is 5.73 Å². The Morgan fingerprint density at radius 2 is 2.00 bits per heavy atom. The maximum absolute atomic E-state index is 11.2. The molecule has 76 valence electrons. The Labute approximate surface area is 77.4 Å². The molecular weight excluding hydrogens is 194 g/mol. The predicted molar refractivity (Wildman–Crippen MR) is 48.8 cm³/mol. The van der Waals surface area contributed by atoms with Gasteiger partial charge in [-0.05, 0) is 19.4 Å². The van der Waals surface area contributed by atoms with Crippen LogP contribution in [0.25, 0.3) is 0 Å². The van der Waals surface area contributed by atoms with E-state index in [1.54, 1.807) is 0 Å². The molecule has 0 bridgehead atoms. The maximum atomic E-state index is 11.2. The van der Waals surface area contributed by atoms with Crippen LogP contribution in [0.4, 0.5) is 0 Å². The molecule has 0 spiro atoms. The molecule has 0 aromatic carbocycles. The van der Waals surface area contributed by atoms with E-state index in [2.05, 4.69) is 6.58 Å². The number of hydrogen-bond acceptors (Lipinski definition) is 4. The number of carbonyl (C=O) groups excluding carboxylic acids is 1. The van der Waals surface area contributed by atoms with Crippen molar-refractivity contribution in [3.8, 4) is 0 Å². The first-order valence-corrected chi connectivity index (χ1v) is 5.11.